The van der Waals surface area contributed by atoms with E-state index in [9.17, 15) is 19.7 Å². The molecule has 1 heterocycles. The quantitative estimate of drug-likeness (QED) is 0.675. The Hall–Kier alpha value is -2.48. The Morgan fingerprint density at radius 3 is 2.62 bits per heavy atom. The van der Waals surface area contributed by atoms with E-state index in [1.165, 1.54) is 31.2 Å². The number of nitrogens with zero attached hydrogens (tertiary/aromatic N) is 1. The van der Waals surface area contributed by atoms with Crippen molar-refractivity contribution in [3.63, 3.8) is 0 Å². The molecule has 1 N–H and O–H groups in total. The van der Waals surface area contributed by atoms with Crippen molar-refractivity contribution < 1.29 is 18.9 Å². The lowest BCUT2D eigenvalue weighted by Crippen LogP contribution is -2.27. The Morgan fingerprint density at radius 2 is 2.00 bits per heavy atom. The molecular weight excluding hydrogens is 344 g/mol. The van der Waals surface area contributed by atoms with Crippen LogP contribution in [0.1, 0.15) is 17.5 Å². The molecule has 7 nitrogen and oxygen atoms in total. The minimum atomic E-state index is -0.700. The fourth-order valence-electron chi connectivity index (χ4n) is 1.69. The summed E-state index contributed by atoms with van der Waals surface area (Å²) in [7, 11) is 0. The van der Waals surface area contributed by atoms with E-state index in [1.807, 2.05) is 0 Å². The molecule has 0 radical (unpaired) electrons. The number of hydrogen-bond acceptors (Lipinski definition) is 5. The zero-order chi connectivity index (χ0) is 15.6. The van der Waals surface area contributed by atoms with Crippen molar-refractivity contribution in [3.8, 4) is 11.3 Å². The lowest BCUT2D eigenvalue weighted by molar-refractivity contribution is -0.384. The second-order valence-electron chi connectivity index (χ2n) is 4.09. The molecule has 21 heavy (non-hydrogen) atoms. The first-order chi connectivity index (χ1) is 9.88. The summed E-state index contributed by atoms with van der Waals surface area (Å²) in [5, 5.41) is 13.1. The minimum absolute atomic E-state index is 0.0996. The van der Waals surface area contributed by atoms with Crippen molar-refractivity contribution in [2.24, 2.45) is 0 Å². The average Bonchev–Trinajstić information content (AvgIpc) is 2.87. The van der Waals surface area contributed by atoms with Gasteiger partial charge in [-0.15, -0.1) is 0 Å². The van der Waals surface area contributed by atoms with Gasteiger partial charge in [0.15, 0.2) is 5.76 Å². The second-order valence-corrected chi connectivity index (χ2v) is 5.01. The molecule has 0 aliphatic rings. The smallest absolute Gasteiger partial charge is 0.293 e. The van der Waals surface area contributed by atoms with Crippen LogP contribution in [0.2, 0.25) is 0 Å². The number of nitro groups is 1. The maximum absolute atomic E-state index is 11.6. The van der Waals surface area contributed by atoms with E-state index in [0.29, 0.717) is 4.47 Å². The van der Waals surface area contributed by atoms with Crippen molar-refractivity contribution in [1.29, 1.82) is 0 Å². The van der Waals surface area contributed by atoms with Crippen LogP contribution in [0.4, 0.5) is 5.69 Å². The van der Waals surface area contributed by atoms with E-state index >= 15 is 0 Å². The number of furan rings is 1. The number of halogens is 1. The fourth-order valence-corrected chi connectivity index (χ4v) is 2.04. The molecule has 2 aromatic rings. The molecule has 0 spiro atoms. The third kappa shape index (κ3) is 3.34. The molecule has 1 aromatic carbocycles. The molecule has 8 heteroatoms. The number of imide groups is 1. The van der Waals surface area contributed by atoms with Crippen LogP contribution in [0.25, 0.3) is 11.3 Å². The first-order valence-electron chi connectivity index (χ1n) is 5.74. The van der Waals surface area contributed by atoms with Gasteiger partial charge >= 0.3 is 0 Å². The number of benzene rings is 1. The molecule has 0 aliphatic heterocycles. The number of carbonyl (C=O) groups is 2. The highest BCUT2D eigenvalue weighted by Crippen LogP contribution is 2.33. The van der Waals surface area contributed by atoms with Gasteiger partial charge in [-0.05, 0) is 24.3 Å². The molecule has 0 saturated carbocycles. The molecule has 2 amide bonds. The standard InChI is InChI=1S/C13H9BrN2O5/c1-7(17)15-13(18)12-5-4-11(21-12)9-3-2-8(14)6-10(9)16(19)20/h2-6H,1H3,(H,15,17,18). The van der Waals surface area contributed by atoms with E-state index in [-0.39, 0.29) is 22.8 Å². The van der Waals surface area contributed by atoms with Crippen molar-refractivity contribution in [3.05, 3.63) is 50.7 Å². The highest BCUT2D eigenvalue weighted by molar-refractivity contribution is 9.10. The molecular formula is C13H9BrN2O5. The zero-order valence-corrected chi connectivity index (χ0v) is 12.3. The molecule has 0 atom stereocenters. The first kappa shape index (κ1) is 14.9. The third-order valence-corrected chi connectivity index (χ3v) is 3.03. The van der Waals surface area contributed by atoms with Crippen LogP contribution >= 0.6 is 15.9 Å². The van der Waals surface area contributed by atoms with Gasteiger partial charge in [0.1, 0.15) is 5.76 Å². The van der Waals surface area contributed by atoms with Crippen LogP contribution in [-0.2, 0) is 4.79 Å². The number of amides is 2. The molecule has 0 aliphatic carbocycles. The number of nitrogens with one attached hydrogen (secondary N) is 1. The van der Waals surface area contributed by atoms with Crippen LogP contribution in [0.5, 0.6) is 0 Å². The number of hydrogen-bond donors (Lipinski definition) is 1. The minimum Gasteiger partial charge on any atom is -0.451 e. The highest BCUT2D eigenvalue weighted by atomic mass is 79.9. The second kappa shape index (κ2) is 5.88. The summed E-state index contributed by atoms with van der Waals surface area (Å²) in [6.45, 7) is 1.20. The van der Waals surface area contributed by atoms with Gasteiger partial charge in [-0.25, -0.2) is 0 Å². The molecule has 0 unspecified atom stereocenters. The Morgan fingerprint density at radius 1 is 1.29 bits per heavy atom. The molecule has 1 aromatic heterocycles. The van der Waals surface area contributed by atoms with E-state index in [1.54, 1.807) is 6.07 Å². The summed E-state index contributed by atoms with van der Waals surface area (Å²) in [4.78, 5) is 32.9. The van der Waals surface area contributed by atoms with Gasteiger partial charge in [0.2, 0.25) is 5.91 Å². The summed E-state index contributed by atoms with van der Waals surface area (Å²) in [6.07, 6.45) is 0. The molecule has 0 fully saturated rings. The third-order valence-electron chi connectivity index (χ3n) is 2.54. The summed E-state index contributed by atoms with van der Waals surface area (Å²) in [5.74, 6) is -1.15. The van der Waals surface area contributed by atoms with Crippen LogP contribution in [0, 0.1) is 10.1 Å². The lowest BCUT2D eigenvalue weighted by atomic mass is 10.1. The van der Waals surface area contributed by atoms with Crippen LogP contribution < -0.4 is 5.32 Å². The van der Waals surface area contributed by atoms with Gasteiger partial charge in [-0.3, -0.25) is 25.0 Å². The molecule has 2 rings (SSSR count). The van der Waals surface area contributed by atoms with Crippen molar-refractivity contribution in [2.45, 2.75) is 6.92 Å². The zero-order valence-electron chi connectivity index (χ0n) is 10.8. The fraction of sp³-hybridized carbons (Fsp3) is 0.0769. The highest BCUT2D eigenvalue weighted by Gasteiger charge is 2.20. The Bertz CT molecular complexity index is 738. The molecule has 0 saturated heterocycles. The number of nitro benzene ring substituents is 1. The predicted octanol–water partition coefficient (Wildman–Crippen LogP) is 2.89. The summed E-state index contributed by atoms with van der Waals surface area (Å²) in [6, 6.07) is 7.26. The maximum Gasteiger partial charge on any atom is 0.293 e. The lowest BCUT2D eigenvalue weighted by Gasteiger charge is -2.01. The van der Waals surface area contributed by atoms with Gasteiger partial charge in [0.25, 0.3) is 11.6 Å². The average molecular weight is 353 g/mol. The Kier molecular flexibility index (Phi) is 4.18. The van der Waals surface area contributed by atoms with E-state index < -0.39 is 16.7 Å². The van der Waals surface area contributed by atoms with Crippen molar-refractivity contribution in [1.82, 2.24) is 5.32 Å². The van der Waals surface area contributed by atoms with Crippen LogP contribution in [0.15, 0.2) is 39.2 Å². The first-order valence-corrected chi connectivity index (χ1v) is 6.54. The van der Waals surface area contributed by atoms with Crippen LogP contribution in [0.3, 0.4) is 0 Å². The SMILES string of the molecule is CC(=O)NC(=O)c1ccc(-c2ccc(Br)cc2[N+](=O)[O-])o1. The Labute approximate surface area is 127 Å². The largest absolute Gasteiger partial charge is 0.451 e. The predicted molar refractivity (Wildman–Crippen MR) is 76.6 cm³/mol. The van der Waals surface area contributed by atoms with Gasteiger partial charge in [0, 0.05) is 17.5 Å². The normalized spacial score (nSPS) is 10.2. The van der Waals surface area contributed by atoms with E-state index in [2.05, 4.69) is 21.2 Å². The van der Waals surface area contributed by atoms with Gasteiger partial charge in [-0.2, -0.15) is 0 Å². The molecule has 108 valence electrons. The van der Waals surface area contributed by atoms with Gasteiger partial charge < -0.3 is 4.42 Å². The summed E-state index contributed by atoms with van der Waals surface area (Å²) in [5.41, 5.74) is 0.0855. The van der Waals surface area contributed by atoms with Gasteiger partial charge in [-0.1, -0.05) is 15.9 Å². The molecule has 0 bridgehead atoms. The number of rotatable bonds is 3. The summed E-state index contributed by atoms with van der Waals surface area (Å²) >= 11 is 3.16. The summed E-state index contributed by atoms with van der Waals surface area (Å²) < 4.78 is 5.83. The van der Waals surface area contributed by atoms with Gasteiger partial charge in [0.05, 0.1) is 10.5 Å². The Balaban J connectivity index is 2.40. The van der Waals surface area contributed by atoms with E-state index in [0.717, 1.165) is 0 Å². The maximum atomic E-state index is 11.6. The topological polar surface area (TPSA) is 102 Å². The van der Waals surface area contributed by atoms with E-state index in [4.69, 9.17) is 4.42 Å². The number of carbonyl (C=O) groups excluding carboxylic acids is 2. The monoisotopic (exact) mass is 352 g/mol. The van der Waals surface area contributed by atoms with Crippen molar-refractivity contribution >= 4 is 33.4 Å². The van der Waals surface area contributed by atoms with Crippen molar-refractivity contribution in [2.75, 3.05) is 0 Å². The van der Waals surface area contributed by atoms with Crippen LogP contribution in [-0.4, -0.2) is 16.7 Å².